The summed E-state index contributed by atoms with van der Waals surface area (Å²) in [6.07, 6.45) is 8.51. The molecule has 0 heterocycles. The highest BCUT2D eigenvalue weighted by atomic mass is 32.2. The molecule has 1 aliphatic carbocycles. The molecule has 33 heavy (non-hydrogen) atoms. The van der Waals surface area contributed by atoms with E-state index in [9.17, 15) is 8.42 Å². The van der Waals surface area contributed by atoms with Gasteiger partial charge in [0.2, 0.25) is 9.04 Å². The summed E-state index contributed by atoms with van der Waals surface area (Å²) >= 11 is 0. The quantitative estimate of drug-likeness (QED) is 0.360. The maximum Gasteiger partial charge on any atom is 0.264 e. The minimum absolute atomic E-state index is 0.0537. The largest absolute Gasteiger partial charge is 0.407 e. The summed E-state index contributed by atoms with van der Waals surface area (Å²) in [6, 6.07) is 21.3. The fourth-order valence-electron chi connectivity index (χ4n) is 5.12. The number of benzene rings is 2. The normalized spacial score (nSPS) is 17.7. The van der Waals surface area contributed by atoms with Crippen LogP contribution in [0.4, 0.5) is 0 Å². The predicted molar refractivity (Wildman–Crippen MR) is 139 cm³/mol. The zero-order valence-electron chi connectivity index (χ0n) is 20.6. The summed E-state index contributed by atoms with van der Waals surface area (Å²) in [6.45, 7) is 7.04. The van der Waals surface area contributed by atoms with Crippen LogP contribution in [-0.2, 0) is 18.7 Å². The second kappa shape index (κ2) is 11.3. The van der Waals surface area contributed by atoms with E-state index in [2.05, 4.69) is 81.4 Å². The van der Waals surface area contributed by atoms with Gasteiger partial charge in [0.05, 0.1) is 19.0 Å². The first-order chi connectivity index (χ1) is 15.6. The molecule has 0 amide bonds. The Kier molecular flexibility index (Phi) is 8.95. The first kappa shape index (κ1) is 26.1. The lowest BCUT2D eigenvalue weighted by Gasteiger charge is -2.47. The molecule has 0 bridgehead atoms. The van der Waals surface area contributed by atoms with Crippen molar-refractivity contribution in [2.24, 2.45) is 10.8 Å². The Morgan fingerprint density at radius 1 is 0.909 bits per heavy atom. The van der Waals surface area contributed by atoms with Gasteiger partial charge >= 0.3 is 0 Å². The first-order valence-electron chi connectivity index (χ1n) is 12.2. The highest BCUT2D eigenvalue weighted by molar-refractivity contribution is 7.85. The molecule has 1 fully saturated rings. The van der Waals surface area contributed by atoms with Crippen LogP contribution in [0.1, 0.15) is 65.7 Å². The van der Waals surface area contributed by atoms with Crippen molar-refractivity contribution < 1.29 is 17.0 Å². The highest BCUT2D eigenvalue weighted by Gasteiger charge is 2.43. The molecule has 6 heteroatoms. The average Bonchev–Trinajstić information content (AvgIpc) is 2.77. The smallest absolute Gasteiger partial charge is 0.264 e. The number of hydrogen-bond donors (Lipinski definition) is 0. The van der Waals surface area contributed by atoms with Crippen LogP contribution in [0.2, 0.25) is 0 Å². The molecule has 0 saturated heterocycles. The van der Waals surface area contributed by atoms with Gasteiger partial charge in [-0.1, -0.05) is 101 Å². The van der Waals surface area contributed by atoms with Crippen molar-refractivity contribution >= 4 is 29.5 Å². The lowest BCUT2D eigenvalue weighted by atomic mass is 9.65. The third kappa shape index (κ3) is 8.06. The van der Waals surface area contributed by atoms with Crippen LogP contribution < -0.4 is 10.4 Å². The van der Waals surface area contributed by atoms with Gasteiger partial charge in [-0.05, 0) is 46.9 Å². The second-order valence-corrected chi connectivity index (χ2v) is 14.8. The lowest BCUT2D eigenvalue weighted by molar-refractivity contribution is -0.0228. The van der Waals surface area contributed by atoms with Crippen LogP contribution in [-0.4, -0.2) is 36.4 Å². The molecule has 1 atom stereocenters. The van der Waals surface area contributed by atoms with Crippen molar-refractivity contribution in [3.05, 3.63) is 60.7 Å². The predicted octanol–water partition coefficient (Wildman–Crippen LogP) is 4.66. The molecule has 0 radical (unpaired) electrons. The Labute approximate surface area is 202 Å². The van der Waals surface area contributed by atoms with Crippen LogP contribution in [0.5, 0.6) is 0 Å². The monoisotopic (exact) mass is 488 g/mol. The minimum atomic E-state index is -3.45. The maximum absolute atomic E-state index is 11.7. The van der Waals surface area contributed by atoms with Gasteiger partial charge in [0.1, 0.15) is 0 Å². The van der Waals surface area contributed by atoms with E-state index in [1.54, 1.807) is 0 Å². The van der Waals surface area contributed by atoms with Gasteiger partial charge in [-0.3, -0.25) is 4.18 Å². The SMILES string of the molecule is CC(C)(C)CC(O[SiH](c1ccccc1)c1ccccc1)C1(CCOS(C)(=O)=O)CCCCC1. The zero-order valence-corrected chi connectivity index (χ0v) is 22.6. The first-order valence-corrected chi connectivity index (χ1v) is 15.6. The molecule has 0 spiro atoms. The lowest BCUT2D eigenvalue weighted by Crippen LogP contribution is -2.52. The molecule has 3 rings (SSSR count). The molecule has 1 saturated carbocycles. The van der Waals surface area contributed by atoms with Crippen LogP contribution in [0.15, 0.2) is 60.7 Å². The summed E-state index contributed by atoms with van der Waals surface area (Å²) in [5, 5.41) is 2.56. The van der Waals surface area contributed by atoms with Gasteiger partial charge < -0.3 is 4.43 Å². The molecule has 0 aliphatic heterocycles. The standard InChI is InChI=1S/C27H40O4SSi/c1-26(2,3)22-25(27(18-12-7-13-19-27)20-21-30-32(4,28)29)31-33(23-14-8-5-9-15-23)24-16-10-6-11-17-24/h5-6,8-11,14-17,25,33H,7,12-13,18-22H2,1-4H3. The van der Waals surface area contributed by atoms with E-state index < -0.39 is 19.2 Å². The highest BCUT2D eigenvalue weighted by Crippen LogP contribution is 2.47. The summed E-state index contributed by atoms with van der Waals surface area (Å²) < 4.78 is 35.9. The molecule has 2 aromatic carbocycles. The third-order valence-corrected chi connectivity index (χ3v) is 9.91. The van der Waals surface area contributed by atoms with Crippen molar-refractivity contribution in [2.45, 2.75) is 71.8 Å². The van der Waals surface area contributed by atoms with Gasteiger partial charge in [0, 0.05) is 0 Å². The molecule has 1 aliphatic rings. The number of hydrogen-bond acceptors (Lipinski definition) is 4. The van der Waals surface area contributed by atoms with E-state index in [0.717, 1.165) is 38.4 Å². The fourth-order valence-corrected chi connectivity index (χ4v) is 8.06. The molecule has 2 aromatic rings. The van der Waals surface area contributed by atoms with Gasteiger partial charge in [-0.15, -0.1) is 0 Å². The van der Waals surface area contributed by atoms with E-state index in [0.29, 0.717) is 6.42 Å². The summed E-state index contributed by atoms with van der Waals surface area (Å²) in [4.78, 5) is 0. The third-order valence-electron chi connectivity index (χ3n) is 6.73. The van der Waals surface area contributed by atoms with Crippen molar-refractivity contribution in [1.82, 2.24) is 0 Å². The zero-order chi connectivity index (χ0) is 24.0. The summed E-state index contributed by atoms with van der Waals surface area (Å²) in [7, 11) is -5.39. The maximum atomic E-state index is 11.7. The van der Waals surface area contributed by atoms with Crippen molar-refractivity contribution in [2.75, 3.05) is 12.9 Å². The molecule has 1 unspecified atom stereocenters. The van der Waals surface area contributed by atoms with Crippen LogP contribution >= 0.6 is 0 Å². The van der Waals surface area contributed by atoms with E-state index in [4.69, 9.17) is 8.61 Å². The van der Waals surface area contributed by atoms with Gasteiger partial charge in [-0.2, -0.15) is 8.42 Å². The van der Waals surface area contributed by atoms with E-state index in [1.165, 1.54) is 16.8 Å². The van der Waals surface area contributed by atoms with Crippen molar-refractivity contribution in [3.63, 3.8) is 0 Å². The van der Waals surface area contributed by atoms with E-state index in [-0.39, 0.29) is 23.5 Å². The molecular weight excluding hydrogens is 448 g/mol. The van der Waals surface area contributed by atoms with Crippen LogP contribution in [0.3, 0.4) is 0 Å². The Bertz CT molecular complexity index is 909. The number of rotatable bonds is 10. The van der Waals surface area contributed by atoms with Crippen molar-refractivity contribution in [3.8, 4) is 0 Å². The fraction of sp³-hybridized carbons (Fsp3) is 0.556. The Morgan fingerprint density at radius 3 is 1.88 bits per heavy atom. The molecule has 0 N–H and O–H groups in total. The molecule has 0 aromatic heterocycles. The molecular formula is C27H40O4SSi. The molecule has 4 nitrogen and oxygen atoms in total. The Hall–Kier alpha value is -1.47. The summed E-state index contributed by atoms with van der Waals surface area (Å²) in [5.41, 5.74) is 0.0319. The van der Waals surface area contributed by atoms with Crippen LogP contribution in [0.25, 0.3) is 0 Å². The Balaban J connectivity index is 1.97. The minimum Gasteiger partial charge on any atom is -0.407 e. The van der Waals surface area contributed by atoms with E-state index in [1.807, 2.05) is 0 Å². The van der Waals surface area contributed by atoms with E-state index >= 15 is 0 Å². The summed E-state index contributed by atoms with van der Waals surface area (Å²) in [5.74, 6) is 0. The average molecular weight is 489 g/mol. The Morgan fingerprint density at radius 2 is 1.42 bits per heavy atom. The van der Waals surface area contributed by atoms with Gasteiger partial charge in [0.25, 0.3) is 10.1 Å². The van der Waals surface area contributed by atoms with Crippen molar-refractivity contribution in [1.29, 1.82) is 0 Å². The van der Waals surface area contributed by atoms with Gasteiger partial charge in [0.15, 0.2) is 0 Å². The van der Waals surface area contributed by atoms with Gasteiger partial charge in [-0.25, -0.2) is 0 Å². The van der Waals surface area contributed by atoms with Crippen LogP contribution in [0, 0.1) is 10.8 Å². The molecule has 182 valence electrons. The second-order valence-electron chi connectivity index (χ2n) is 10.8. The topological polar surface area (TPSA) is 52.6 Å².